The number of amides is 1. The first-order valence-electron chi connectivity index (χ1n) is 8.89. The first-order valence-corrected chi connectivity index (χ1v) is 8.89. The fourth-order valence-electron chi connectivity index (χ4n) is 3.52. The quantitative estimate of drug-likeness (QED) is 0.742. The molecule has 1 aromatic rings. The standard InChI is InChI=1S/C19H30FN3O/c1-22(2)18(16-11-6-7-12-17(16)20)19(24)21-13-8-14-23(3)15-9-4-5-10-15/h6-7,11-12,15,18H,4-5,8-10,13-14H2,1-3H3,(H,21,24). The molecule has 24 heavy (non-hydrogen) atoms. The molecule has 1 amide bonds. The molecule has 2 rings (SSSR count). The van der Waals surface area contributed by atoms with Crippen LogP contribution in [0.15, 0.2) is 24.3 Å². The summed E-state index contributed by atoms with van der Waals surface area (Å²) in [5, 5.41) is 2.96. The van der Waals surface area contributed by atoms with Gasteiger partial charge < -0.3 is 10.2 Å². The second kappa shape index (κ2) is 9.14. The lowest BCUT2D eigenvalue weighted by atomic mass is 10.0. The van der Waals surface area contributed by atoms with Crippen LogP contribution in [0.1, 0.15) is 43.7 Å². The van der Waals surface area contributed by atoms with Crippen LogP contribution in [-0.2, 0) is 4.79 Å². The summed E-state index contributed by atoms with van der Waals surface area (Å²) < 4.78 is 14.0. The first kappa shape index (κ1) is 18.9. The number of hydrogen-bond donors (Lipinski definition) is 1. The summed E-state index contributed by atoms with van der Waals surface area (Å²) in [6.07, 6.45) is 6.16. The SMILES string of the molecule is CN(C)C(C(=O)NCCCN(C)C1CCCC1)c1ccccc1F. The van der Waals surface area contributed by atoms with Crippen LogP contribution in [0.3, 0.4) is 0 Å². The third-order valence-corrected chi connectivity index (χ3v) is 4.90. The van der Waals surface area contributed by atoms with Crippen molar-refractivity contribution in [3.63, 3.8) is 0 Å². The Balaban J connectivity index is 1.82. The van der Waals surface area contributed by atoms with Crippen LogP contribution >= 0.6 is 0 Å². The second-order valence-electron chi connectivity index (χ2n) is 6.95. The van der Waals surface area contributed by atoms with Crippen molar-refractivity contribution in [3.8, 4) is 0 Å². The highest BCUT2D eigenvalue weighted by Crippen LogP contribution is 2.23. The van der Waals surface area contributed by atoms with Crippen molar-refractivity contribution in [1.82, 2.24) is 15.1 Å². The number of likely N-dealkylation sites (N-methyl/N-ethyl adjacent to an activating group) is 1. The molecule has 1 atom stereocenters. The highest BCUT2D eigenvalue weighted by Gasteiger charge is 2.25. The van der Waals surface area contributed by atoms with Gasteiger partial charge >= 0.3 is 0 Å². The number of rotatable bonds is 8. The molecule has 5 heteroatoms. The van der Waals surface area contributed by atoms with Gasteiger partial charge in [0.1, 0.15) is 11.9 Å². The average molecular weight is 335 g/mol. The van der Waals surface area contributed by atoms with Crippen molar-refractivity contribution in [2.75, 3.05) is 34.2 Å². The van der Waals surface area contributed by atoms with Crippen molar-refractivity contribution in [2.45, 2.75) is 44.2 Å². The van der Waals surface area contributed by atoms with Gasteiger partial charge in [0.2, 0.25) is 5.91 Å². The van der Waals surface area contributed by atoms with Crippen LogP contribution in [0.4, 0.5) is 4.39 Å². The summed E-state index contributed by atoms with van der Waals surface area (Å²) >= 11 is 0. The van der Waals surface area contributed by atoms with E-state index in [0.717, 1.165) is 13.0 Å². The summed E-state index contributed by atoms with van der Waals surface area (Å²) in [6, 6.07) is 6.58. The molecule has 134 valence electrons. The average Bonchev–Trinajstić information content (AvgIpc) is 3.07. The van der Waals surface area contributed by atoms with Gasteiger partial charge in [-0.05, 0) is 53.0 Å². The van der Waals surface area contributed by atoms with E-state index in [1.165, 1.54) is 31.7 Å². The van der Waals surface area contributed by atoms with Gasteiger partial charge in [0.05, 0.1) is 0 Å². The summed E-state index contributed by atoms with van der Waals surface area (Å²) in [7, 11) is 5.76. The van der Waals surface area contributed by atoms with E-state index in [4.69, 9.17) is 0 Å². The maximum Gasteiger partial charge on any atom is 0.242 e. The molecule has 1 unspecified atom stereocenters. The molecule has 0 heterocycles. The maximum atomic E-state index is 14.0. The van der Waals surface area contributed by atoms with E-state index in [0.29, 0.717) is 18.2 Å². The fourth-order valence-corrected chi connectivity index (χ4v) is 3.52. The highest BCUT2D eigenvalue weighted by atomic mass is 19.1. The molecule has 0 spiro atoms. The van der Waals surface area contributed by atoms with E-state index in [-0.39, 0.29) is 11.7 Å². The summed E-state index contributed by atoms with van der Waals surface area (Å²) in [4.78, 5) is 16.7. The summed E-state index contributed by atoms with van der Waals surface area (Å²) in [5.41, 5.74) is 0.420. The van der Waals surface area contributed by atoms with Gasteiger partial charge in [-0.15, -0.1) is 0 Å². The zero-order valence-corrected chi connectivity index (χ0v) is 15.1. The lowest BCUT2D eigenvalue weighted by Gasteiger charge is -2.25. The minimum atomic E-state index is -0.598. The van der Waals surface area contributed by atoms with Crippen LogP contribution < -0.4 is 5.32 Å². The van der Waals surface area contributed by atoms with Crippen LogP contribution in [0.25, 0.3) is 0 Å². The van der Waals surface area contributed by atoms with Crippen molar-refractivity contribution in [1.29, 1.82) is 0 Å². The van der Waals surface area contributed by atoms with Gasteiger partial charge in [0.15, 0.2) is 0 Å². The fraction of sp³-hybridized carbons (Fsp3) is 0.632. The number of carbonyl (C=O) groups excluding carboxylic acids is 1. The number of nitrogens with zero attached hydrogens (tertiary/aromatic N) is 2. The topological polar surface area (TPSA) is 35.6 Å². The number of benzene rings is 1. The Bertz CT molecular complexity index is 529. The monoisotopic (exact) mass is 335 g/mol. The molecule has 0 aliphatic heterocycles. The Morgan fingerprint density at radius 2 is 1.92 bits per heavy atom. The van der Waals surface area contributed by atoms with Crippen molar-refractivity contribution in [3.05, 3.63) is 35.6 Å². The lowest BCUT2D eigenvalue weighted by molar-refractivity contribution is -0.125. The molecule has 0 aromatic heterocycles. The normalized spacial score (nSPS) is 16.8. The molecule has 1 N–H and O–H groups in total. The van der Waals surface area contributed by atoms with E-state index in [1.807, 2.05) is 0 Å². The minimum absolute atomic E-state index is 0.145. The van der Waals surface area contributed by atoms with Gasteiger partial charge in [0, 0.05) is 18.2 Å². The Hall–Kier alpha value is -1.46. The number of halogens is 1. The van der Waals surface area contributed by atoms with E-state index in [1.54, 1.807) is 37.2 Å². The molecular weight excluding hydrogens is 305 g/mol. The van der Waals surface area contributed by atoms with Gasteiger partial charge in [-0.2, -0.15) is 0 Å². The molecule has 1 fully saturated rings. The van der Waals surface area contributed by atoms with Crippen LogP contribution in [0.2, 0.25) is 0 Å². The smallest absolute Gasteiger partial charge is 0.242 e. The summed E-state index contributed by atoms with van der Waals surface area (Å²) in [6.45, 7) is 1.60. The predicted octanol–water partition coefficient (Wildman–Crippen LogP) is 2.81. The first-order chi connectivity index (χ1) is 11.5. The predicted molar refractivity (Wildman–Crippen MR) is 95.3 cm³/mol. The van der Waals surface area contributed by atoms with E-state index in [9.17, 15) is 9.18 Å². The third kappa shape index (κ3) is 5.02. The zero-order chi connectivity index (χ0) is 17.5. The molecule has 0 bridgehead atoms. The molecule has 0 saturated heterocycles. The van der Waals surface area contributed by atoms with Gasteiger partial charge in [-0.25, -0.2) is 4.39 Å². The van der Waals surface area contributed by atoms with E-state index < -0.39 is 6.04 Å². The van der Waals surface area contributed by atoms with Gasteiger partial charge in [0.25, 0.3) is 0 Å². The third-order valence-electron chi connectivity index (χ3n) is 4.90. The molecule has 1 aromatic carbocycles. The number of nitrogens with one attached hydrogen (secondary N) is 1. The molecular formula is C19H30FN3O. The largest absolute Gasteiger partial charge is 0.354 e. The Labute approximate surface area is 145 Å². The van der Waals surface area contributed by atoms with Crippen molar-refractivity contribution < 1.29 is 9.18 Å². The number of carbonyl (C=O) groups is 1. The van der Waals surface area contributed by atoms with Crippen molar-refractivity contribution in [2.24, 2.45) is 0 Å². The zero-order valence-electron chi connectivity index (χ0n) is 15.1. The van der Waals surface area contributed by atoms with E-state index >= 15 is 0 Å². The Morgan fingerprint density at radius 3 is 2.54 bits per heavy atom. The van der Waals surface area contributed by atoms with Gasteiger partial charge in [-0.3, -0.25) is 9.69 Å². The van der Waals surface area contributed by atoms with Crippen LogP contribution in [0.5, 0.6) is 0 Å². The van der Waals surface area contributed by atoms with Gasteiger partial charge in [-0.1, -0.05) is 31.0 Å². The maximum absolute atomic E-state index is 14.0. The lowest BCUT2D eigenvalue weighted by Crippen LogP contribution is -2.39. The summed E-state index contributed by atoms with van der Waals surface area (Å²) in [5.74, 6) is -0.485. The molecule has 4 nitrogen and oxygen atoms in total. The van der Waals surface area contributed by atoms with Crippen LogP contribution in [0, 0.1) is 5.82 Å². The molecule has 1 aliphatic carbocycles. The Morgan fingerprint density at radius 1 is 1.25 bits per heavy atom. The molecule has 1 aliphatic rings. The molecule has 1 saturated carbocycles. The number of hydrogen-bond acceptors (Lipinski definition) is 3. The van der Waals surface area contributed by atoms with Crippen molar-refractivity contribution >= 4 is 5.91 Å². The Kier molecular flexibility index (Phi) is 7.18. The van der Waals surface area contributed by atoms with Crippen LogP contribution in [-0.4, -0.2) is 56.0 Å². The second-order valence-corrected chi connectivity index (χ2v) is 6.95. The highest BCUT2D eigenvalue weighted by molar-refractivity contribution is 5.83. The minimum Gasteiger partial charge on any atom is -0.354 e. The van der Waals surface area contributed by atoms with E-state index in [2.05, 4.69) is 17.3 Å². The molecule has 0 radical (unpaired) electrons.